The predicted molar refractivity (Wildman–Crippen MR) is 56.7 cm³/mol. The van der Waals surface area contributed by atoms with E-state index in [9.17, 15) is 0 Å². The smallest absolute Gasteiger partial charge is 0.129 e. The Morgan fingerprint density at radius 1 is 1.64 bits per heavy atom. The Kier molecular flexibility index (Phi) is 2.11. The summed E-state index contributed by atoms with van der Waals surface area (Å²) in [5, 5.41) is 7.33. The summed E-state index contributed by atoms with van der Waals surface area (Å²) in [6.45, 7) is 0. The van der Waals surface area contributed by atoms with Gasteiger partial charge in [0.25, 0.3) is 0 Å². The standard InChI is InChI=1S/C10H14N4/c1-14(8-2-3-8)9-6-7(10(11)12)4-5-13-9/h4-6,8H,2-3H2,1H3,(H3,11,12). The number of hydrogen-bond donors (Lipinski definition) is 2. The van der Waals surface area contributed by atoms with Crippen LogP contribution < -0.4 is 10.6 Å². The number of nitrogens with two attached hydrogens (primary N) is 1. The van der Waals surface area contributed by atoms with E-state index in [2.05, 4.69) is 9.88 Å². The fourth-order valence-corrected chi connectivity index (χ4v) is 1.43. The van der Waals surface area contributed by atoms with Crippen molar-refractivity contribution in [1.82, 2.24) is 4.98 Å². The molecule has 0 atom stereocenters. The lowest BCUT2D eigenvalue weighted by Crippen LogP contribution is -2.21. The Balaban J connectivity index is 2.24. The van der Waals surface area contributed by atoms with E-state index in [1.807, 2.05) is 13.1 Å². The highest BCUT2D eigenvalue weighted by molar-refractivity contribution is 5.95. The van der Waals surface area contributed by atoms with Gasteiger partial charge in [-0.25, -0.2) is 4.98 Å². The van der Waals surface area contributed by atoms with Crippen LogP contribution in [0.2, 0.25) is 0 Å². The molecule has 74 valence electrons. The molecule has 0 radical (unpaired) electrons. The molecule has 2 rings (SSSR count). The molecular formula is C10H14N4. The van der Waals surface area contributed by atoms with Crippen LogP contribution in [0, 0.1) is 5.41 Å². The van der Waals surface area contributed by atoms with Gasteiger partial charge in [-0.1, -0.05) is 0 Å². The largest absolute Gasteiger partial charge is 0.384 e. The normalized spacial score (nSPS) is 15.2. The number of pyridine rings is 1. The topological polar surface area (TPSA) is 66.0 Å². The maximum Gasteiger partial charge on any atom is 0.129 e. The summed E-state index contributed by atoms with van der Waals surface area (Å²) >= 11 is 0. The molecule has 0 spiro atoms. The Hall–Kier alpha value is -1.58. The van der Waals surface area contributed by atoms with Crippen molar-refractivity contribution in [2.24, 2.45) is 5.73 Å². The maximum absolute atomic E-state index is 7.33. The zero-order valence-electron chi connectivity index (χ0n) is 8.20. The predicted octanol–water partition coefficient (Wildman–Crippen LogP) is 0.964. The lowest BCUT2D eigenvalue weighted by molar-refractivity contribution is 0.892. The molecule has 0 amide bonds. The quantitative estimate of drug-likeness (QED) is 0.551. The second kappa shape index (κ2) is 3.29. The fraction of sp³-hybridized carbons (Fsp3) is 0.400. The SMILES string of the molecule is CN(c1cc(C(=N)N)ccn1)C1CC1. The van der Waals surface area contributed by atoms with Crippen molar-refractivity contribution in [2.75, 3.05) is 11.9 Å². The highest BCUT2D eigenvalue weighted by Crippen LogP contribution is 2.28. The van der Waals surface area contributed by atoms with Gasteiger partial charge in [0.05, 0.1) is 0 Å². The van der Waals surface area contributed by atoms with Crippen molar-refractivity contribution < 1.29 is 0 Å². The number of hydrogen-bond acceptors (Lipinski definition) is 3. The molecule has 4 heteroatoms. The summed E-state index contributed by atoms with van der Waals surface area (Å²) in [6.07, 6.45) is 4.18. The number of nitrogens with one attached hydrogen (secondary N) is 1. The van der Waals surface area contributed by atoms with Crippen molar-refractivity contribution in [2.45, 2.75) is 18.9 Å². The van der Waals surface area contributed by atoms with Crippen molar-refractivity contribution in [3.63, 3.8) is 0 Å². The zero-order chi connectivity index (χ0) is 10.1. The summed E-state index contributed by atoms with van der Waals surface area (Å²) in [5.74, 6) is 0.998. The highest BCUT2D eigenvalue weighted by atomic mass is 15.2. The fourth-order valence-electron chi connectivity index (χ4n) is 1.43. The van der Waals surface area contributed by atoms with Gasteiger partial charge in [-0.15, -0.1) is 0 Å². The minimum Gasteiger partial charge on any atom is -0.384 e. The van der Waals surface area contributed by atoms with Gasteiger partial charge < -0.3 is 10.6 Å². The second-order valence-corrected chi connectivity index (χ2v) is 3.66. The molecule has 0 saturated heterocycles. The summed E-state index contributed by atoms with van der Waals surface area (Å²) < 4.78 is 0. The Morgan fingerprint density at radius 3 is 2.93 bits per heavy atom. The minimum absolute atomic E-state index is 0.0952. The molecule has 1 aromatic rings. The molecule has 1 fully saturated rings. The average Bonchev–Trinajstić information content (AvgIpc) is 3.00. The van der Waals surface area contributed by atoms with Crippen molar-refractivity contribution in [3.05, 3.63) is 23.9 Å². The third-order valence-corrected chi connectivity index (χ3v) is 2.51. The van der Waals surface area contributed by atoms with Crippen LogP contribution in [0.5, 0.6) is 0 Å². The van der Waals surface area contributed by atoms with Gasteiger partial charge in [0.2, 0.25) is 0 Å². The van der Waals surface area contributed by atoms with E-state index in [0.29, 0.717) is 6.04 Å². The van der Waals surface area contributed by atoms with E-state index in [1.54, 1.807) is 12.3 Å². The molecule has 4 nitrogen and oxygen atoms in total. The van der Waals surface area contributed by atoms with E-state index in [-0.39, 0.29) is 5.84 Å². The third-order valence-electron chi connectivity index (χ3n) is 2.51. The molecule has 1 aromatic heterocycles. The van der Waals surface area contributed by atoms with E-state index >= 15 is 0 Å². The zero-order valence-corrected chi connectivity index (χ0v) is 8.20. The molecule has 1 aliphatic carbocycles. The number of aromatic nitrogens is 1. The van der Waals surface area contributed by atoms with E-state index in [4.69, 9.17) is 11.1 Å². The van der Waals surface area contributed by atoms with Crippen LogP contribution in [-0.4, -0.2) is 23.9 Å². The number of anilines is 1. The first-order valence-corrected chi connectivity index (χ1v) is 4.72. The van der Waals surface area contributed by atoms with Gasteiger partial charge in [0.1, 0.15) is 11.7 Å². The van der Waals surface area contributed by atoms with E-state index < -0.39 is 0 Å². The molecular weight excluding hydrogens is 176 g/mol. The van der Waals surface area contributed by atoms with Crippen LogP contribution in [0.1, 0.15) is 18.4 Å². The molecule has 0 aliphatic heterocycles. The molecule has 1 saturated carbocycles. The summed E-state index contributed by atoms with van der Waals surface area (Å²) in [6, 6.07) is 4.25. The highest BCUT2D eigenvalue weighted by Gasteiger charge is 2.27. The van der Waals surface area contributed by atoms with Gasteiger partial charge in [-0.2, -0.15) is 0 Å². The molecule has 0 bridgehead atoms. The van der Waals surface area contributed by atoms with Crippen LogP contribution >= 0.6 is 0 Å². The first-order valence-electron chi connectivity index (χ1n) is 4.72. The lowest BCUT2D eigenvalue weighted by Gasteiger charge is -2.17. The van der Waals surface area contributed by atoms with Crippen molar-refractivity contribution in [3.8, 4) is 0 Å². The Labute approximate surface area is 83.3 Å². The molecule has 0 aromatic carbocycles. The minimum atomic E-state index is 0.0952. The lowest BCUT2D eigenvalue weighted by atomic mass is 10.2. The number of nitrogens with zero attached hydrogens (tertiary/aromatic N) is 2. The number of amidine groups is 1. The van der Waals surface area contributed by atoms with E-state index in [1.165, 1.54) is 12.8 Å². The van der Waals surface area contributed by atoms with Crippen molar-refractivity contribution in [1.29, 1.82) is 5.41 Å². The molecule has 14 heavy (non-hydrogen) atoms. The first-order chi connectivity index (χ1) is 6.68. The first kappa shape index (κ1) is 8.99. The Morgan fingerprint density at radius 2 is 2.36 bits per heavy atom. The monoisotopic (exact) mass is 190 g/mol. The van der Waals surface area contributed by atoms with Crippen LogP contribution in [0.25, 0.3) is 0 Å². The molecule has 1 aliphatic rings. The van der Waals surface area contributed by atoms with Gasteiger partial charge in [-0.3, -0.25) is 5.41 Å². The van der Waals surface area contributed by atoms with Crippen LogP contribution in [-0.2, 0) is 0 Å². The second-order valence-electron chi connectivity index (χ2n) is 3.66. The number of rotatable bonds is 3. The summed E-state index contributed by atoms with van der Waals surface area (Å²) in [4.78, 5) is 6.40. The average molecular weight is 190 g/mol. The molecule has 0 unspecified atom stereocenters. The van der Waals surface area contributed by atoms with Gasteiger partial charge in [0.15, 0.2) is 0 Å². The van der Waals surface area contributed by atoms with Gasteiger partial charge in [-0.05, 0) is 25.0 Å². The van der Waals surface area contributed by atoms with Gasteiger partial charge >= 0.3 is 0 Å². The maximum atomic E-state index is 7.33. The van der Waals surface area contributed by atoms with Crippen LogP contribution in [0.3, 0.4) is 0 Å². The number of nitrogen functional groups attached to an aromatic ring is 1. The summed E-state index contributed by atoms with van der Waals surface area (Å²) in [5.41, 5.74) is 6.15. The van der Waals surface area contributed by atoms with Crippen LogP contribution in [0.15, 0.2) is 18.3 Å². The summed E-state index contributed by atoms with van der Waals surface area (Å²) in [7, 11) is 2.03. The van der Waals surface area contributed by atoms with Gasteiger partial charge in [0, 0.05) is 24.8 Å². The molecule has 3 N–H and O–H groups in total. The Bertz CT molecular complexity index is 357. The van der Waals surface area contributed by atoms with Crippen LogP contribution in [0.4, 0.5) is 5.82 Å². The van der Waals surface area contributed by atoms with Crippen molar-refractivity contribution >= 4 is 11.7 Å². The molecule has 1 heterocycles. The third kappa shape index (κ3) is 1.69. The van der Waals surface area contributed by atoms with E-state index in [0.717, 1.165) is 11.4 Å².